The van der Waals surface area contributed by atoms with Crippen LogP contribution >= 0.6 is 23.2 Å². The molecule has 1 aliphatic heterocycles. The Balaban J connectivity index is 1.18. The van der Waals surface area contributed by atoms with Gasteiger partial charge in [-0.1, -0.05) is 71.7 Å². The van der Waals surface area contributed by atoms with E-state index in [1.54, 1.807) is 44.2 Å². The van der Waals surface area contributed by atoms with Crippen molar-refractivity contribution in [3.05, 3.63) is 111 Å². The topological polar surface area (TPSA) is 137 Å². The van der Waals surface area contributed by atoms with E-state index < -0.39 is 23.9 Å². The number of hydrogen-bond donors (Lipinski definition) is 3. The zero-order valence-corrected chi connectivity index (χ0v) is 27.8. The Morgan fingerprint density at radius 2 is 1.73 bits per heavy atom. The summed E-state index contributed by atoms with van der Waals surface area (Å²) in [5, 5.41) is 12.1. The Kier molecular flexibility index (Phi) is 11.0. The molecular formula is C35H32Cl2N4O7. The second kappa shape index (κ2) is 15.6. The molecule has 0 saturated heterocycles. The highest BCUT2D eigenvalue weighted by Gasteiger charge is 2.32. The van der Waals surface area contributed by atoms with E-state index in [1.807, 2.05) is 42.5 Å². The fourth-order valence-corrected chi connectivity index (χ4v) is 5.73. The number of carbonyl (C=O) groups is 3. The van der Waals surface area contributed by atoms with Crippen molar-refractivity contribution in [3.8, 4) is 17.2 Å². The van der Waals surface area contributed by atoms with Gasteiger partial charge >= 0.3 is 12.0 Å². The molecule has 4 aromatic rings. The van der Waals surface area contributed by atoms with Crippen LogP contribution in [0, 0.1) is 0 Å². The molecule has 0 saturated carbocycles. The van der Waals surface area contributed by atoms with E-state index in [0.717, 1.165) is 16.3 Å². The van der Waals surface area contributed by atoms with E-state index >= 15 is 0 Å². The molecule has 0 fully saturated rings. The third kappa shape index (κ3) is 7.99. The average Bonchev–Trinajstić information content (AvgIpc) is 3.06. The van der Waals surface area contributed by atoms with Gasteiger partial charge in [-0.2, -0.15) is 5.10 Å². The highest BCUT2D eigenvalue weighted by atomic mass is 35.5. The number of urea groups is 1. The summed E-state index contributed by atoms with van der Waals surface area (Å²) in [5.41, 5.74) is 5.12. The van der Waals surface area contributed by atoms with Crippen molar-refractivity contribution in [1.29, 1.82) is 0 Å². The van der Waals surface area contributed by atoms with Gasteiger partial charge in [0.05, 0.1) is 41.6 Å². The monoisotopic (exact) mass is 690 g/mol. The van der Waals surface area contributed by atoms with Gasteiger partial charge in [0.25, 0.3) is 5.91 Å². The fourth-order valence-electron chi connectivity index (χ4n) is 5.12. The third-order valence-corrected chi connectivity index (χ3v) is 7.88. The molecule has 1 atom stereocenters. The van der Waals surface area contributed by atoms with Gasteiger partial charge < -0.3 is 29.6 Å². The lowest BCUT2D eigenvalue weighted by Gasteiger charge is -2.28. The second-order valence-corrected chi connectivity index (χ2v) is 11.3. The van der Waals surface area contributed by atoms with Crippen LogP contribution in [0.2, 0.25) is 10.0 Å². The van der Waals surface area contributed by atoms with Gasteiger partial charge in [0.15, 0.2) is 23.9 Å². The number of hydrogen-bond acceptors (Lipinski definition) is 8. The van der Waals surface area contributed by atoms with Crippen LogP contribution in [0.5, 0.6) is 17.2 Å². The van der Waals surface area contributed by atoms with Crippen molar-refractivity contribution < 1.29 is 33.3 Å². The minimum absolute atomic E-state index is 0.175. The first kappa shape index (κ1) is 34.1. The number of carbonyl (C=O) groups excluding carboxylic acids is 3. The maximum absolute atomic E-state index is 12.6. The second-order valence-electron chi connectivity index (χ2n) is 10.5. The Labute approximate surface area is 286 Å². The SMILES string of the molecule is CCOC(=O)C1=C(C)NC(=O)N[C@@H]1c1ccc(OCC(=O)N/N=C\c2cc(Cl)c(OCc3cccc4ccccc34)c(Cl)c2)c(OC)c1. The number of esters is 1. The Morgan fingerprint density at radius 1 is 0.979 bits per heavy atom. The van der Waals surface area contributed by atoms with Gasteiger partial charge in [0.1, 0.15) is 6.61 Å². The largest absolute Gasteiger partial charge is 0.493 e. The minimum atomic E-state index is -0.787. The van der Waals surface area contributed by atoms with Gasteiger partial charge in [-0.05, 0) is 65.6 Å². The molecule has 3 N–H and O–H groups in total. The molecule has 0 aromatic heterocycles. The van der Waals surface area contributed by atoms with Crippen LogP contribution in [0.25, 0.3) is 10.8 Å². The van der Waals surface area contributed by atoms with Crippen LogP contribution in [0.1, 0.15) is 36.6 Å². The molecule has 48 heavy (non-hydrogen) atoms. The van der Waals surface area contributed by atoms with Crippen molar-refractivity contribution in [2.24, 2.45) is 5.10 Å². The number of fused-ring (bicyclic) bond motifs is 1. The number of rotatable bonds is 12. The van der Waals surface area contributed by atoms with Crippen LogP contribution in [0.3, 0.4) is 0 Å². The average molecular weight is 692 g/mol. The molecule has 248 valence electrons. The Hall–Kier alpha value is -5.26. The highest BCUT2D eigenvalue weighted by molar-refractivity contribution is 6.37. The smallest absolute Gasteiger partial charge is 0.338 e. The fraction of sp³-hybridized carbons (Fsp3) is 0.200. The summed E-state index contributed by atoms with van der Waals surface area (Å²) in [7, 11) is 1.43. The summed E-state index contributed by atoms with van der Waals surface area (Å²) in [6, 6.07) is 20.8. The van der Waals surface area contributed by atoms with E-state index in [9.17, 15) is 14.4 Å². The molecule has 11 nitrogen and oxygen atoms in total. The van der Waals surface area contributed by atoms with E-state index in [2.05, 4.69) is 21.2 Å². The zero-order chi connectivity index (χ0) is 34.2. The van der Waals surface area contributed by atoms with E-state index in [-0.39, 0.29) is 36.9 Å². The van der Waals surface area contributed by atoms with Crippen molar-refractivity contribution in [3.63, 3.8) is 0 Å². The summed E-state index contributed by atoms with van der Waals surface area (Å²) in [4.78, 5) is 37.3. The highest BCUT2D eigenvalue weighted by Crippen LogP contribution is 2.36. The number of amides is 3. The van der Waals surface area contributed by atoms with Gasteiger partial charge in [0, 0.05) is 5.70 Å². The molecule has 0 spiro atoms. The Bertz CT molecular complexity index is 1900. The quantitative estimate of drug-likeness (QED) is 0.0882. The zero-order valence-electron chi connectivity index (χ0n) is 26.3. The number of hydrazone groups is 1. The van der Waals surface area contributed by atoms with Crippen molar-refractivity contribution >= 4 is 58.1 Å². The maximum Gasteiger partial charge on any atom is 0.338 e. The number of nitrogens with zero attached hydrogens (tertiary/aromatic N) is 1. The Morgan fingerprint density at radius 3 is 2.48 bits per heavy atom. The number of halogens is 2. The van der Waals surface area contributed by atoms with Crippen LogP contribution in [0.15, 0.2) is 89.2 Å². The lowest BCUT2D eigenvalue weighted by Crippen LogP contribution is -2.45. The van der Waals surface area contributed by atoms with Gasteiger partial charge in [0.2, 0.25) is 0 Å². The van der Waals surface area contributed by atoms with Crippen LogP contribution < -0.4 is 30.3 Å². The van der Waals surface area contributed by atoms with E-state index in [0.29, 0.717) is 32.6 Å². The van der Waals surface area contributed by atoms with Crippen molar-refractivity contribution in [2.45, 2.75) is 26.5 Å². The predicted octanol–water partition coefficient (Wildman–Crippen LogP) is 6.45. The van der Waals surface area contributed by atoms with Gasteiger partial charge in [-0.25, -0.2) is 15.0 Å². The van der Waals surface area contributed by atoms with Crippen LogP contribution in [0.4, 0.5) is 4.79 Å². The first-order valence-electron chi connectivity index (χ1n) is 14.8. The first-order valence-corrected chi connectivity index (χ1v) is 15.6. The lowest BCUT2D eigenvalue weighted by atomic mass is 9.95. The van der Waals surface area contributed by atoms with E-state index in [1.165, 1.54) is 13.3 Å². The molecule has 0 aliphatic carbocycles. The van der Waals surface area contributed by atoms with E-state index in [4.69, 9.17) is 42.1 Å². The number of ether oxygens (including phenoxy) is 4. The molecule has 0 unspecified atom stereocenters. The molecule has 0 bridgehead atoms. The molecule has 1 aliphatic rings. The molecular weight excluding hydrogens is 659 g/mol. The molecule has 0 radical (unpaired) electrons. The number of nitrogens with one attached hydrogen (secondary N) is 3. The molecule has 13 heteroatoms. The molecule has 4 aromatic carbocycles. The normalized spacial score (nSPS) is 14.4. The summed E-state index contributed by atoms with van der Waals surface area (Å²) >= 11 is 13.0. The van der Waals surface area contributed by atoms with Crippen LogP contribution in [-0.2, 0) is 20.9 Å². The molecule has 1 heterocycles. The summed E-state index contributed by atoms with van der Waals surface area (Å²) in [6.45, 7) is 3.38. The summed E-state index contributed by atoms with van der Waals surface area (Å²) < 4.78 is 22.3. The summed E-state index contributed by atoms with van der Waals surface area (Å²) in [6.07, 6.45) is 1.39. The number of methoxy groups -OCH3 is 1. The maximum atomic E-state index is 12.6. The molecule has 3 amide bonds. The van der Waals surface area contributed by atoms with Crippen molar-refractivity contribution in [2.75, 3.05) is 20.3 Å². The number of benzene rings is 4. The standard InChI is InChI=1S/C35H32Cl2N4O7/c1-4-46-34(43)31-20(2)39-35(44)40-32(31)23-12-13-28(29(16-23)45-3)47-19-30(42)41-38-17-21-14-26(36)33(27(37)15-21)48-18-24-10-7-9-22-8-5-6-11-25(22)24/h5-17,32H,4,18-19H2,1-3H3,(H,41,42)(H2,39,40,44)/b38-17-/t32-/m1/s1. The lowest BCUT2D eigenvalue weighted by molar-refractivity contribution is -0.139. The van der Waals surface area contributed by atoms with Crippen molar-refractivity contribution in [1.82, 2.24) is 16.1 Å². The van der Waals surface area contributed by atoms with Gasteiger partial charge in [-0.15, -0.1) is 0 Å². The third-order valence-electron chi connectivity index (χ3n) is 7.32. The summed E-state index contributed by atoms with van der Waals surface area (Å²) in [5.74, 6) is -0.221. The van der Waals surface area contributed by atoms with Gasteiger partial charge in [-0.3, -0.25) is 4.79 Å². The number of allylic oxidation sites excluding steroid dienone is 1. The first-order chi connectivity index (χ1) is 23.2. The predicted molar refractivity (Wildman–Crippen MR) is 183 cm³/mol. The minimum Gasteiger partial charge on any atom is -0.493 e. The van der Waals surface area contributed by atoms with Crippen LogP contribution in [-0.4, -0.2) is 44.4 Å². The molecule has 5 rings (SSSR count).